The zero-order chi connectivity index (χ0) is 15.1. The van der Waals surface area contributed by atoms with Crippen LogP contribution in [-0.2, 0) is 4.79 Å². The van der Waals surface area contributed by atoms with Gasteiger partial charge in [0, 0.05) is 25.6 Å². The first-order chi connectivity index (χ1) is 10.8. The molecule has 3 atom stereocenters. The van der Waals surface area contributed by atoms with Crippen molar-refractivity contribution in [2.45, 2.75) is 31.7 Å². The molecule has 1 N–H and O–H groups in total. The summed E-state index contributed by atoms with van der Waals surface area (Å²) in [6.07, 6.45) is 5.00. The largest absolute Gasteiger partial charge is 0.333 e. The molecule has 4 rings (SSSR count). The van der Waals surface area contributed by atoms with E-state index in [4.69, 9.17) is 0 Å². The SMILES string of the molecule is O=C(C1C2CCCCC21)N1CCNCC1c1cccc(F)c1. The van der Waals surface area contributed by atoms with Gasteiger partial charge >= 0.3 is 0 Å². The molecule has 1 aromatic rings. The number of nitrogens with one attached hydrogen (secondary N) is 1. The van der Waals surface area contributed by atoms with Crippen LogP contribution in [0.25, 0.3) is 0 Å². The molecule has 0 bridgehead atoms. The number of fused-ring (bicyclic) bond motifs is 1. The van der Waals surface area contributed by atoms with E-state index < -0.39 is 0 Å². The molecular formula is C18H23FN2O. The van der Waals surface area contributed by atoms with Crippen LogP contribution in [0.15, 0.2) is 24.3 Å². The number of nitrogens with zero attached hydrogens (tertiary/aromatic N) is 1. The van der Waals surface area contributed by atoms with Crippen molar-refractivity contribution < 1.29 is 9.18 Å². The molecule has 1 aliphatic heterocycles. The van der Waals surface area contributed by atoms with Crippen LogP contribution in [0.1, 0.15) is 37.3 Å². The predicted octanol–water partition coefficient (Wildman–Crippen LogP) is 2.73. The second kappa shape index (κ2) is 5.65. The zero-order valence-corrected chi connectivity index (χ0v) is 12.8. The average Bonchev–Trinajstić information content (AvgIpc) is 3.28. The third kappa shape index (κ3) is 2.43. The van der Waals surface area contributed by atoms with Crippen molar-refractivity contribution in [2.75, 3.05) is 19.6 Å². The lowest BCUT2D eigenvalue weighted by atomic mass is 10.0. The van der Waals surface area contributed by atoms with Crippen molar-refractivity contribution in [3.05, 3.63) is 35.6 Å². The highest BCUT2D eigenvalue weighted by Crippen LogP contribution is 2.56. The van der Waals surface area contributed by atoms with E-state index in [0.29, 0.717) is 17.7 Å². The van der Waals surface area contributed by atoms with Crippen LogP contribution in [0.2, 0.25) is 0 Å². The highest BCUT2D eigenvalue weighted by Gasteiger charge is 2.56. The molecule has 0 spiro atoms. The lowest BCUT2D eigenvalue weighted by molar-refractivity contribution is -0.136. The second-order valence-electron chi connectivity index (χ2n) is 6.94. The molecule has 0 aromatic heterocycles. The highest BCUT2D eigenvalue weighted by atomic mass is 19.1. The summed E-state index contributed by atoms with van der Waals surface area (Å²) in [5, 5.41) is 3.34. The van der Waals surface area contributed by atoms with E-state index in [9.17, 15) is 9.18 Å². The van der Waals surface area contributed by atoms with Crippen LogP contribution in [-0.4, -0.2) is 30.4 Å². The molecule has 3 unspecified atom stereocenters. The minimum atomic E-state index is -0.226. The fraction of sp³-hybridized carbons (Fsp3) is 0.611. The number of rotatable bonds is 2. The van der Waals surface area contributed by atoms with Crippen molar-refractivity contribution in [3.8, 4) is 0 Å². The fourth-order valence-corrected chi connectivity index (χ4v) is 4.53. The minimum Gasteiger partial charge on any atom is -0.333 e. The molecule has 22 heavy (non-hydrogen) atoms. The predicted molar refractivity (Wildman–Crippen MR) is 82.7 cm³/mol. The van der Waals surface area contributed by atoms with Crippen LogP contribution in [0.5, 0.6) is 0 Å². The van der Waals surface area contributed by atoms with Crippen molar-refractivity contribution in [2.24, 2.45) is 17.8 Å². The lowest BCUT2D eigenvalue weighted by Crippen LogP contribution is -2.49. The Balaban J connectivity index is 1.54. The number of hydrogen-bond donors (Lipinski definition) is 1. The van der Waals surface area contributed by atoms with Crippen LogP contribution < -0.4 is 5.32 Å². The number of hydrogen-bond acceptors (Lipinski definition) is 2. The van der Waals surface area contributed by atoms with Crippen LogP contribution in [0, 0.1) is 23.6 Å². The maximum absolute atomic E-state index is 13.5. The summed E-state index contributed by atoms with van der Waals surface area (Å²) >= 11 is 0. The van der Waals surface area contributed by atoms with E-state index in [1.165, 1.54) is 31.7 Å². The molecule has 2 aliphatic carbocycles. The first-order valence-corrected chi connectivity index (χ1v) is 8.52. The van der Waals surface area contributed by atoms with Gasteiger partial charge in [0.25, 0.3) is 0 Å². The number of halogens is 1. The summed E-state index contributed by atoms with van der Waals surface area (Å²) in [4.78, 5) is 15.0. The number of benzene rings is 1. The minimum absolute atomic E-state index is 0.0281. The fourth-order valence-electron chi connectivity index (χ4n) is 4.53. The van der Waals surface area contributed by atoms with E-state index in [-0.39, 0.29) is 17.8 Å². The van der Waals surface area contributed by atoms with Gasteiger partial charge in [-0.05, 0) is 42.4 Å². The van der Waals surface area contributed by atoms with Gasteiger partial charge in [-0.3, -0.25) is 4.79 Å². The van der Waals surface area contributed by atoms with Gasteiger partial charge in [-0.15, -0.1) is 0 Å². The maximum Gasteiger partial charge on any atom is 0.226 e. The lowest BCUT2D eigenvalue weighted by Gasteiger charge is -2.37. The molecule has 3 aliphatic rings. The Morgan fingerprint density at radius 2 is 2.00 bits per heavy atom. The molecule has 3 fully saturated rings. The standard InChI is InChI=1S/C18H23FN2O/c19-13-5-3-4-12(10-13)16-11-20-8-9-21(16)18(22)17-14-6-1-2-7-15(14)17/h3-5,10,14-17,20H,1-2,6-9,11H2. The van der Waals surface area contributed by atoms with Crippen molar-refractivity contribution in [1.82, 2.24) is 10.2 Å². The molecule has 1 saturated heterocycles. The van der Waals surface area contributed by atoms with E-state index in [2.05, 4.69) is 5.32 Å². The number of piperazine rings is 1. The quantitative estimate of drug-likeness (QED) is 0.911. The molecule has 3 nitrogen and oxygen atoms in total. The molecule has 2 saturated carbocycles. The first-order valence-electron chi connectivity index (χ1n) is 8.52. The molecule has 118 valence electrons. The summed E-state index contributed by atoms with van der Waals surface area (Å²) < 4.78 is 13.5. The Labute approximate surface area is 130 Å². The Hall–Kier alpha value is -1.42. The van der Waals surface area contributed by atoms with E-state index >= 15 is 0 Å². The molecule has 0 radical (unpaired) electrons. The van der Waals surface area contributed by atoms with Gasteiger partial charge in [-0.1, -0.05) is 25.0 Å². The van der Waals surface area contributed by atoms with Crippen LogP contribution in [0.4, 0.5) is 4.39 Å². The van der Waals surface area contributed by atoms with Gasteiger partial charge < -0.3 is 10.2 Å². The number of amides is 1. The Morgan fingerprint density at radius 1 is 1.23 bits per heavy atom. The third-order valence-corrected chi connectivity index (χ3v) is 5.70. The number of carbonyl (C=O) groups is 1. The summed E-state index contributed by atoms with van der Waals surface area (Å²) in [7, 11) is 0. The van der Waals surface area contributed by atoms with Crippen LogP contribution >= 0.6 is 0 Å². The zero-order valence-electron chi connectivity index (χ0n) is 12.8. The normalized spacial score (nSPS) is 34.1. The molecule has 1 aromatic carbocycles. The van der Waals surface area contributed by atoms with Crippen molar-refractivity contribution in [3.63, 3.8) is 0 Å². The molecule has 1 amide bonds. The van der Waals surface area contributed by atoms with Gasteiger partial charge in [0.1, 0.15) is 5.82 Å². The monoisotopic (exact) mass is 302 g/mol. The Bertz CT molecular complexity index is 564. The number of carbonyl (C=O) groups excluding carboxylic acids is 1. The molecule has 1 heterocycles. The average molecular weight is 302 g/mol. The Kier molecular flexibility index (Phi) is 3.65. The molecular weight excluding hydrogens is 279 g/mol. The summed E-state index contributed by atoms with van der Waals surface area (Å²) in [6.45, 7) is 2.28. The Morgan fingerprint density at radius 3 is 2.73 bits per heavy atom. The van der Waals surface area contributed by atoms with Gasteiger partial charge in [-0.2, -0.15) is 0 Å². The molecule has 4 heteroatoms. The van der Waals surface area contributed by atoms with E-state index in [1.807, 2.05) is 11.0 Å². The topological polar surface area (TPSA) is 32.3 Å². The summed E-state index contributed by atoms with van der Waals surface area (Å²) in [6, 6.07) is 6.67. The highest BCUT2D eigenvalue weighted by molar-refractivity contribution is 5.83. The van der Waals surface area contributed by atoms with E-state index in [1.54, 1.807) is 12.1 Å². The van der Waals surface area contributed by atoms with Gasteiger partial charge in [-0.25, -0.2) is 4.39 Å². The van der Waals surface area contributed by atoms with Crippen LogP contribution in [0.3, 0.4) is 0 Å². The summed E-state index contributed by atoms with van der Waals surface area (Å²) in [5.74, 6) is 1.59. The van der Waals surface area contributed by atoms with Crippen molar-refractivity contribution in [1.29, 1.82) is 0 Å². The van der Waals surface area contributed by atoms with E-state index in [0.717, 1.165) is 25.2 Å². The summed E-state index contributed by atoms with van der Waals surface area (Å²) in [5.41, 5.74) is 0.907. The second-order valence-corrected chi connectivity index (χ2v) is 6.94. The van der Waals surface area contributed by atoms with Crippen molar-refractivity contribution >= 4 is 5.91 Å². The first kappa shape index (κ1) is 14.2. The van der Waals surface area contributed by atoms with Gasteiger partial charge in [0.05, 0.1) is 6.04 Å². The maximum atomic E-state index is 13.5. The van der Waals surface area contributed by atoms with Gasteiger partial charge in [0.15, 0.2) is 0 Å². The smallest absolute Gasteiger partial charge is 0.226 e. The third-order valence-electron chi connectivity index (χ3n) is 5.70. The van der Waals surface area contributed by atoms with Gasteiger partial charge in [0.2, 0.25) is 5.91 Å².